The SMILES string of the molecule is N#CNC(=N)CCc1ccccc1Sc1ccccc1CCC(=N)NC#N. The molecule has 0 heterocycles. The average Bonchev–Trinajstić information content (AvgIpc) is 2.67. The van der Waals surface area contributed by atoms with Gasteiger partial charge in [-0.15, -0.1) is 0 Å². The van der Waals surface area contributed by atoms with Gasteiger partial charge >= 0.3 is 0 Å². The predicted molar refractivity (Wildman–Crippen MR) is 107 cm³/mol. The summed E-state index contributed by atoms with van der Waals surface area (Å²) in [6.07, 6.45) is 5.86. The number of nitrogens with one attached hydrogen (secondary N) is 4. The fourth-order valence-corrected chi connectivity index (χ4v) is 3.65. The van der Waals surface area contributed by atoms with Crippen LogP contribution in [0.25, 0.3) is 0 Å². The molecule has 4 N–H and O–H groups in total. The molecule has 0 aliphatic rings. The van der Waals surface area contributed by atoms with Crippen molar-refractivity contribution in [2.75, 3.05) is 0 Å². The summed E-state index contributed by atoms with van der Waals surface area (Å²) in [4.78, 5) is 2.22. The van der Waals surface area contributed by atoms with E-state index in [1.807, 2.05) is 36.4 Å². The van der Waals surface area contributed by atoms with E-state index in [0.29, 0.717) is 25.7 Å². The van der Waals surface area contributed by atoms with E-state index in [2.05, 4.69) is 22.8 Å². The molecule has 0 fully saturated rings. The van der Waals surface area contributed by atoms with Gasteiger partial charge < -0.3 is 0 Å². The number of hydrogen-bond acceptors (Lipinski definition) is 5. The van der Waals surface area contributed by atoms with Gasteiger partial charge in [0, 0.05) is 22.6 Å². The summed E-state index contributed by atoms with van der Waals surface area (Å²) < 4.78 is 0. The molecule has 0 spiro atoms. The molecule has 0 saturated heterocycles. The van der Waals surface area contributed by atoms with Gasteiger partial charge in [-0.1, -0.05) is 48.2 Å². The first-order chi connectivity index (χ1) is 13.1. The number of hydrogen-bond donors (Lipinski definition) is 4. The van der Waals surface area contributed by atoms with Crippen LogP contribution in [0.4, 0.5) is 0 Å². The van der Waals surface area contributed by atoms with Crippen LogP contribution in [-0.2, 0) is 12.8 Å². The smallest absolute Gasteiger partial charge is 0.182 e. The lowest BCUT2D eigenvalue weighted by Crippen LogP contribution is -2.16. The van der Waals surface area contributed by atoms with Gasteiger partial charge in [0.25, 0.3) is 0 Å². The van der Waals surface area contributed by atoms with Crippen LogP contribution in [0.15, 0.2) is 58.3 Å². The lowest BCUT2D eigenvalue weighted by atomic mass is 10.1. The molecule has 2 aromatic rings. The van der Waals surface area contributed by atoms with Gasteiger partial charge in [-0.05, 0) is 36.1 Å². The summed E-state index contributed by atoms with van der Waals surface area (Å²) in [5, 5.41) is 37.3. The lowest BCUT2D eigenvalue weighted by Gasteiger charge is -2.12. The van der Waals surface area contributed by atoms with Gasteiger partial charge in [0.15, 0.2) is 12.4 Å². The van der Waals surface area contributed by atoms with E-state index < -0.39 is 0 Å². The number of amidine groups is 2. The second-order valence-electron chi connectivity index (χ2n) is 5.75. The van der Waals surface area contributed by atoms with Gasteiger partial charge in [-0.3, -0.25) is 21.5 Å². The highest BCUT2D eigenvalue weighted by molar-refractivity contribution is 7.99. The van der Waals surface area contributed by atoms with Crippen molar-refractivity contribution >= 4 is 23.4 Å². The first-order valence-electron chi connectivity index (χ1n) is 8.42. The Balaban J connectivity index is 2.11. The summed E-state index contributed by atoms with van der Waals surface area (Å²) >= 11 is 1.66. The molecule has 7 heteroatoms. The average molecular weight is 376 g/mol. The van der Waals surface area contributed by atoms with Crippen molar-refractivity contribution in [2.45, 2.75) is 35.5 Å². The van der Waals surface area contributed by atoms with Crippen LogP contribution in [-0.4, -0.2) is 11.7 Å². The Morgan fingerprint density at radius 1 is 0.778 bits per heavy atom. The molecule has 0 aliphatic carbocycles. The maximum atomic E-state index is 8.59. The van der Waals surface area contributed by atoms with Crippen LogP contribution >= 0.6 is 11.8 Å². The number of aryl methyl sites for hydroxylation is 2. The maximum absolute atomic E-state index is 8.59. The molecule has 27 heavy (non-hydrogen) atoms. The summed E-state index contributed by atoms with van der Waals surface area (Å²) in [6.45, 7) is 0. The Morgan fingerprint density at radius 3 is 1.59 bits per heavy atom. The van der Waals surface area contributed by atoms with Crippen molar-refractivity contribution in [1.82, 2.24) is 10.6 Å². The molecule has 2 aromatic carbocycles. The summed E-state index contributed by atoms with van der Waals surface area (Å²) in [7, 11) is 0. The van der Waals surface area contributed by atoms with Gasteiger partial charge in [0.2, 0.25) is 0 Å². The minimum atomic E-state index is 0.209. The first-order valence-corrected chi connectivity index (χ1v) is 9.24. The summed E-state index contributed by atoms with van der Waals surface area (Å²) in [5.41, 5.74) is 2.25. The lowest BCUT2D eigenvalue weighted by molar-refractivity contribution is 0.954. The molecule has 6 nitrogen and oxygen atoms in total. The minimum absolute atomic E-state index is 0.209. The third-order valence-electron chi connectivity index (χ3n) is 3.87. The molecule has 0 aromatic heterocycles. The molecule has 2 rings (SSSR count). The van der Waals surface area contributed by atoms with E-state index >= 15 is 0 Å². The molecule has 0 amide bonds. The predicted octanol–water partition coefficient (Wildman–Crippen LogP) is 3.80. The van der Waals surface area contributed by atoms with Gasteiger partial charge in [0.05, 0.1) is 0 Å². The van der Waals surface area contributed by atoms with Crippen molar-refractivity contribution in [2.24, 2.45) is 0 Å². The normalized spacial score (nSPS) is 9.70. The fraction of sp³-hybridized carbons (Fsp3) is 0.200. The van der Waals surface area contributed by atoms with Crippen molar-refractivity contribution in [1.29, 1.82) is 21.3 Å². The largest absolute Gasteiger partial charge is 0.288 e. The molecular formula is C20H20N6S. The Kier molecular flexibility index (Phi) is 7.90. The van der Waals surface area contributed by atoms with Gasteiger partial charge in [-0.25, -0.2) is 0 Å². The van der Waals surface area contributed by atoms with E-state index in [4.69, 9.17) is 21.3 Å². The number of nitriles is 2. The number of nitrogens with zero attached hydrogens (tertiary/aromatic N) is 2. The summed E-state index contributed by atoms with van der Waals surface area (Å²) in [5.74, 6) is 0.419. The van der Waals surface area contributed by atoms with Gasteiger partial charge in [-0.2, -0.15) is 10.5 Å². The van der Waals surface area contributed by atoms with Crippen molar-refractivity contribution in [3.8, 4) is 12.4 Å². The number of benzene rings is 2. The van der Waals surface area contributed by atoms with Crippen LogP contribution in [0.3, 0.4) is 0 Å². The van der Waals surface area contributed by atoms with E-state index in [1.54, 1.807) is 24.1 Å². The Hall–Kier alpha value is -3.29. The van der Waals surface area contributed by atoms with E-state index in [1.165, 1.54) is 0 Å². The standard InChI is InChI=1S/C20H20N6S/c21-13-25-19(23)11-9-15-5-1-3-7-17(15)27-18-8-4-2-6-16(18)10-12-20(24)26-14-22/h1-8H,9-12H2,(H2,23,25)(H2,24,26). The van der Waals surface area contributed by atoms with E-state index in [0.717, 1.165) is 20.9 Å². The molecular weight excluding hydrogens is 356 g/mol. The topological polar surface area (TPSA) is 119 Å². The molecule has 0 saturated carbocycles. The van der Waals surface area contributed by atoms with Crippen LogP contribution in [0.1, 0.15) is 24.0 Å². The van der Waals surface area contributed by atoms with Crippen molar-refractivity contribution in [3.05, 3.63) is 59.7 Å². The Bertz CT molecular complexity index is 820. The highest BCUT2D eigenvalue weighted by atomic mass is 32.2. The second-order valence-corrected chi connectivity index (χ2v) is 6.83. The minimum Gasteiger partial charge on any atom is -0.288 e. The van der Waals surface area contributed by atoms with Gasteiger partial charge in [0.1, 0.15) is 11.7 Å². The Labute approximate surface area is 163 Å². The molecule has 0 radical (unpaired) electrons. The van der Waals surface area contributed by atoms with E-state index in [-0.39, 0.29) is 11.7 Å². The third-order valence-corrected chi connectivity index (χ3v) is 5.10. The molecule has 136 valence electrons. The van der Waals surface area contributed by atoms with Crippen molar-refractivity contribution in [3.63, 3.8) is 0 Å². The van der Waals surface area contributed by atoms with Crippen LogP contribution in [0.2, 0.25) is 0 Å². The third kappa shape index (κ3) is 6.50. The zero-order valence-electron chi connectivity index (χ0n) is 14.7. The first kappa shape index (κ1) is 20.0. The molecule has 0 atom stereocenters. The zero-order chi connectivity index (χ0) is 19.5. The highest BCUT2D eigenvalue weighted by Gasteiger charge is 2.09. The van der Waals surface area contributed by atoms with Crippen molar-refractivity contribution < 1.29 is 0 Å². The molecule has 0 bridgehead atoms. The second kappa shape index (κ2) is 10.6. The van der Waals surface area contributed by atoms with E-state index in [9.17, 15) is 0 Å². The van der Waals surface area contributed by atoms with Crippen LogP contribution < -0.4 is 10.6 Å². The monoisotopic (exact) mass is 376 g/mol. The quantitative estimate of drug-likeness (QED) is 0.242. The zero-order valence-corrected chi connectivity index (χ0v) is 15.6. The number of rotatable bonds is 8. The fourth-order valence-electron chi connectivity index (χ4n) is 2.52. The molecule has 0 aliphatic heterocycles. The highest BCUT2D eigenvalue weighted by Crippen LogP contribution is 2.33. The van der Waals surface area contributed by atoms with Crippen LogP contribution in [0, 0.1) is 33.7 Å². The summed E-state index contributed by atoms with van der Waals surface area (Å²) in [6, 6.07) is 16.1. The Morgan fingerprint density at radius 2 is 1.19 bits per heavy atom. The molecule has 0 unspecified atom stereocenters. The maximum Gasteiger partial charge on any atom is 0.182 e. The van der Waals surface area contributed by atoms with Crippen LogP contribution in [0.5, 0.6) is 0 Å².